The summed E-state index contributed by atoms with van der Waals surface area (Å²) >= 11 is 0. The third kappa shape index (κ3) is 5.16. The first-order valence-corrected chi connectivity index (χ1v) is 12.3. The molecule has 0 aliphatic carbocycles. The first kappa shape index (κ1) is 24.4. The maximum Gasteiger partial charge on any atom is 0.250 e. The van der Waals surface area contributed by atoms with Crippen molar-refractivity contribution in [2.24, 2.45) is 11.7 Å². The molecule has 0 saturated carbocycles. The number of carbonyl (C=O) groups is 1. The molecule has 3 N–H and O–H groups in total. The van der Waals surface area contributed by atoms with Crippen molar-refractivity contribution in [2.45, 2.75) is 19.8 Å². The molecule has 9 nitrogen and oxygen atoms in total. The number of fused-ring (bicyclic) bond motifs is 1. The number of hydrogen-bond donors (Lipinski definition) is 2. The van der Waals surface area contributed by atoms with Gasteiger partial charge in [0.25, 0.3) is 0 Å². The molecule has 37 heavy (non-hydrogen) atoms. The molecule has 4 aromatic rings. The van der Waals surface area contributed by atoms with E-state index in [4.69, 9.17) is 24.6 Å². The minimum absolute atomic E-state index is 0.422. The number of primary amides is 1. The summed E-state index contributed by atoms with van der Waals surface area (Å²) in [5, 5.41) is 4.63. The number of rotatable bonds is 8. The van der Waals surface area contributed by atoms with E-state index in [1.54, 1.807) is 26.5 Å². The Kier molecular flexibility index (Phi) is 6.85. The molecule has 0 radical (unpaired) electrons. The van der Waals surface area contributed by atoms with Crippen molar-refractivity contribution in [1.82, 2.24) is 9.97 Å². The number of carbonyl (C=O) groups excluding carboxylic acids is 1. The lowest BCUT2D eigenvalue weighted by Crippen LogP contribution is -2.36. The van der Waals surface area contributed by atoms with Crippen LogP contribution in [0, 0.1) is 12.8 Å². The van der Waals surface area contributed by atoms with Gasteiger partial charge in [-0.1, -0.05) is 0 Å². The number of amides is 1. The van der Waals surface area contributed by atoms with Crippen molar-refractivity contribution >= 4 is 28.3 Å². The van der Waals surface area contributed by atoms with Crippen LogP contribution in [0.4, 0.5) is 11.5 Å². The third-order valence-corrected chi connectivity index (χ3v) is 6.86. The number of aryl methyl sites for hydroxylation is 1. The van der Waals surface area contributed by atoms with Gasteiger partial charge in [-0.25, -0.2) is 9.97 Å². The van der Waals surface area contributed by atoms with Crippen molar-refractivity contribution in [1.29, 1.82) is 0 Å². The smallest absolute Gasteiger partial charge is 0.250 e. The van der Waals surface area contributed by atoms with Crippen LogP contribution in [0.2, 0.25) is 0 Å². The van der Waals surface area contributed by atoms with Crippen LogP contribution in [0.1, 0.15) is 29.0 Å². The molecule has 192 valence electrons. The standard InChI is InChI=1S/C28H31N5O4/c1-17-4-6-24(37-17)23-13-21(20-12-25(35-2)26(36-3)14-22(20)32-23)30-15-18-8-10-33(11-9-18)27-7-5-19(16-31-27)28(29)34/h4-7,12-14,16,18H,8-11,15H2,1-3H3,(H2,29,34)(H,30,32). The van der Waals surface area contributed by atoms with Gasteiger partial charge in [0.05, 0.1) is 25.3 Å². The molecule has 1 aliphatic rings. The Bertz CT molecular complexity index is 1410. The molecular weight excluding hydrogens is 470 g/mol. The maximum atomic E-state index is 11.3. The van der Waals surface area contributed by atoms with Crippen LogP contribution in [0.3, 0.4) is 0 Å². The number of pyridine rings is 2. The van der Waals surface area contributed by atoms with Gasteiger partial charge in [0.1, 0.15) is 17.3 Å². The topological polar surface area (TPSA) is 116 Å². The highest BCUT2D eigenvalue weighted by atomic mass is 16.5. The van der Waals surface area contributed by atoms with Crippen molar-refractivity contribution in [3.8, 4) is 23.0 Å². The Morgan fingerprint density at radius 2 is 1.86 bits per heavy atom. The van der Waals surface area contributed by atoms with E-state index in [0.29, 0.717) is 23.0 Å². The Morgan fingerprint density at radius 3 is 2.49 bits per heavy atom. The second-order valence-corrected chi connectivity index (χ2v) is 9.27. The molecule has 1 fully saturated rings. The normalized spacial score (nSPS) is 14.1. The lowest BCUT2D eigenvalue weighted by molar-refractivity contribution is 0.1000. The van der Waals surface area contributed by atoms with Crippen molar-refractivity contribution in [2.75, 3.05) is 44.1 Å². The molecule has 1 aliphatic heterocycles. The van der Waals surface area contributed by atoms with Crippen LogP contribution < -0.4 is 25.4 Å². The fraction of sp³-hybridized carbons (Fsp3) is 0.321. The molecule has 0 unspecified atom stereocenters. The minimum Gasteiger partial charge on any atom is -0.493 e. The second kappa shape index (κ2) is 10.4. The molecule has 0 atom stereocenters. The lowest BCUT2D eigenvalue weighted by atomic mass is 9.96. The quantitative estimate of drug-likeness (QED) is 0.359. The number of aromatic nitrogens is 2. The summed E-state index contributed by atoms with van der Waals surface area (Å²) in [5.41, 5.74) is 8.28. The molecule has 1 saturated heterocycles. The first-order chi connectivity index (χ1) is 17.9. The summed E-state index contributed by atoms with van der Waals surface area (Å²) < 4.78 is 16.9. The number of nitrogens with two attached hydrogens (primary N) is 1. The maximum absolute atomic E-state index is 11.3. The molecule has 4 heterocycles. The number of nitrogens with one attached hydrogen (secondary N) is 1. The lowest BCUT2D eigenvalue weighted by Gasteiger charge is -2.33. The Morgan fingerprint density at radius 1 is 1.11 bits per heavy atom. The summed E-state index contributed by atoms with van der Waals surface area (Å²) in [7, 11) is 3.25. The highest BCUT2D eigenvalue weighted by Gasteiger charge is 2.21. The summed E-state index contributed by atoms with van der Waals surface area (Å²) in [6, 6.07) is 13.4. The van der Waals surface area contributed by atoms with Gasteiger partial charge in [0.15, 0.2) is 17.3 Å². The van der Waals surface area contributed by atoms with Crippen molar-refractivity contribution in [3.63, 3.8) is 0 Å². The number of hydrogen-bond acceptors (Lipinski definition) is 8. The monoisotopic (exact) mass is 501 g/mol. The number of nitrogens with zero attached hydrogens (tertiary/aromatic N) is 3. The van der Waals surface area contributed by atoms with Crippen LogP contribution in [-0.4, -0.2) is 49.7 Å². The van der Waals surface area contributed by atoms with Crippen LogP contribution >= 0.6 is 0 Å². The Hall–Kier alpha value is -4.27. The fourth-order valence-corrected chi connectivity index (χ4v) is 4.74. The van der Waals surface area contributed by atoms with E-state index >= 15 is 0 Å². The summed E-state index contributed by atoms with van der Waals surface area (Å²) in [6.45, 7) is 4.54. The molecule has 9 heteroatoms. The molecule has 3 aromatic heterocycles. The zero-order valence-electron chi connectivity index (χ0n) is 21.3. The summed E-state index contributed by atoms with van der Waals surface area (Å²) in [4.78, 5) is 22.8. The number of piperidine rings is 1. The van der Waals surface area contributed by atoms with Gasteiger partial charge in [0.2, 0.25) is 5.91 Å². The molecule has 1 aromatic carbocycles. The largest absolute Gasteiger partial charge is 0.493 e. The molecule has 1 amide bonds. The molecule has 0 spiro atoms. The first-order valence-electron chi connectivity index (χ1n) is 12.3. The fourth-order valence-electron chi connectivity index (χ4n) is 4.74. The summed E-state index contributed by atoms with van der Waals surface area (Å²) in [6.07, 6.45) is 3.59. The average molecular weight is 502 g/mol. The van der Waals surface area contributed by atoms with Crippen LogP contribution in [0.15, 0.2) is 53.1 Å². The molecule has 0 bridgehead atoms. The molecule has 5 rings (SSSR count). The van der Waals surface area contributed by atoms with Crippen molar-refractivity contribution in [3.05, 3.63) is 60.0 Å². The summed E-state index contributed by atoms with van der Waals surface area (Å²) in [5.74, 6) is 3.75. The van der Waals surface area contributed by atoms with E-state index in [1.165, 1.54) is 0 Å². The van der Waals surface area contributed by atoms with Crippen LogP contribution in [0.25, 0.3) is 22.4 Å². The van der Waals surface area contributed by atoms with Gasteiger partial charge in [-0.15, -0.1) is 0 Å². The van der Waals surface area contributed by atoms with Gasteiger partial charge in [-0.3, -0.25) is 4.79 Å². The van der Waals surface area contributed by atoms with Gasteiger partial charge in [0, 0.05) is 43.0 Å². The van der Waals surface area contributed by atoms with E-state index in [2.05, 4.69) is 15.2 Å². The Labute approximate surface area is 215 Å². The van der Waals surface area contributed by atoms with E-state index in [-0.39, 0.29) is 0 Å². The van der Waals surface area contributed by atoms with Gasteiger partial charge < -0.3 is 29.8 Å². The van der Waals surface area contributed by atoms with Gasteiger partial charge in [-0.05, 0) is 62.1 Å². The predicted molar refractivity (Wildman–Crippen MR) is 143 cm³/mol. The second-order valence-electron chi connectivity index (χ2n) is 9.27. The van der Waals surface area contributed by atoms with Crippen molar-refractivity contribution < 1.29 is 18.7 Å². The predicted octanol–water partition coefficient (Wildman–Crippen LogP) is 4.64. The average Bonchev–Trinajstić information content (AvgIpc) is 3.37. The zero-order valence-corrected chi connectivity index (χ0v) is 21.3. The number of ether oxygens (including phenoxy) is 2. The van der Waals surface area contributed by atoms with Gasteiger partial charge in [-0.2, -0.15) is 0 Å². The number of anilines is 2. The SMILES string of the molecule is COc1cc2nc(-c3ccc(C)o3)cc(NCC3CCN(c4ccc(C(N)=O)cn4)CC3)c2cc1OC. The minimum atomic E-state index is -0.464. The number of benzene rings is 1. The third-order valence-electron chi connectivity index (χ3n) is 6.86. The number of furan rings is 1. The number of methoxy groups -OCH3 is 2. The van der Waals surface area contributed by atoms with E-state index in [0.717, 1.165) is 72.1 Å². The van der Waals surface area contributed by atoms with Crippen LogP contribution in [0.5, 0.6) is 11.5 Å². The van der Waals surface area contributed by atoms with E-state index in [1.807, 2.05) is 43.3 Å². The highest BCUT2D eigenvalue weighted by molar-refractivity contribution is 5.95. The zero-order chi connectivity index (χ0) is 25.9. The van der Waals surface area contributed by atoms with Gasteiger partial charge >= 0.3 is 0 Å². The van der Waals surface area contributed by atoms with E-state index in [9.17, 15) is 4.79 Å². The van der Waals surface area contributed by atoms with Crippen LogP contribution in [-0.2, 0) is 0 Å². The highest BCUT2D eigenvalue weighted by Crippen LogP contribution is 2.37. The van der Waals surface area contributed by atoms with E-state index < -0.39 is 5.91 Å². The molecular formula is C28H31N5O4. The Balaban J connectivity index is 1.34.